The van der Waals surface area contributed by atoms with Gasteiger partial charge in [0.25, 0.3) is 0 Å². The number of hydrogen-bond donors (Lipinski definition) is 0. The minimum atomic E-state index is -2.12. The summed E-state index contributed by atoms with van der Waals surface area (Å²) in [5.41, 5.74) is -0.823. The Bertz CT molecular complexity index is 460. The van der Waals surface area contributed by atoms with Crippen molar-refractivity contribution in [2.24, 2.45) is 5.92 Å². The van der Waals surface area contributed by atoms with Crippen LogP contribution in [0.2, 0.25) is 0 Å². The topological polar surface area (TPSA) is 3.24 Å². The van der Waals surface area contributed by atoms with E-state index in [1.165, 1.54) is 4.90 Å². The number of anilines is 1. The normalized spacial score (nSPS) is 12.6. The van der Waals surface area contributed by atoms with Gasteiger partial charge in [-0.15, -0.1) is 0 Å². The molecule has 0 spiro atoms. The molecule has 1 atom stereocenters. The SMILES string of the molecule is CCCC(C)CN(CCC)c1c(F)c(F)c(F)c(F)c1F. The second-order valence-electron chi connectivity index (χ2n) is 5.26. The van der Waals surface area contributed by atoms with Crippen LogP contribution in [0.4, 0.5) is 27.6 Å². The first-order chi connectivity index (χ1) is 9.84. The Morgan fingerprint density at radius 2 is 1.29 bits per heavy atom. The minimum Gasteiger partial charge on any atom is -0.366 e. The van der Waals surface area contributed by atoms with Crippen molar-refractivity contribution in [3.8, 4) is 0 Å². The predicted molar refractivity (Wildman–Crippen MR) is 72.8 cm³/mol. The van der Waals surface area contributed by atoms with Crippen molar-refractivity contribution < 1.29 is 22.0 Å². The van der Waals surface area contributed by atoms with Crippen molar-refractivity contribution in [1.29, 1.82) is 0 Å². The fourth-order valence-electron chi connectivity index (χ4n) is 2.40. The van der Waals surface area contributed by atoms with E-state index in [1.807, 2.05) is 13.8 Å². The highest BCUT2D eigenvalue weighted by Crippen LogP contribution is 2.31. The fourth-order valence-corrected chi connectivity index (χ4v) is 2.40. The molecule has 0 bridgehead atoms. The van der Waals surface area contributed by atoms with Crippen molar-refractivity contribution >= 4 is 5.69 Å². The smallest absolute Gasteiger partial charge is 0.200 e. The quantitative estimate of drug-likeness (QED) is 0.388. The Kier molecular flexibility index (Phi) is 6.42. The van der Waals surface area contributed by atoms with Crippen LogP contribution in [0.25, 0.3) is 0 Å². The molecule has 6 heteroatoms. The van der Waals surface area contributed by atoms with Gasteiger partial charge < -0.3 is 4.90 Å². The lowest BCUT2D eigenvalue weighted by Gasteiger charge is -2.28. The molecular formula is C15H20F5N. The molecule has 0 saturated carbocycles. The lowest BCUT2D eigenvalue weighted by molar-refractivity contribution is 0.376. The second kappa shape index (κ2) is 7.61. The van der Waals surface area contributed by atoms with E-state index in [1.54, 1.807) is 6.92 Å². The molecule has 1 aromatic carbocycles. The van der Waals surface area contributed by atoms with Gasteiger partial charge in [0.1, 0.15) is 5.69 Å². The van der Waals surface area contributed by atoms with Gasteiger partial charge >= 0.3 is 0 Å². The van der Waals surface area contributed by atoms with Crippen LogP contribution in [-0.4, -0.2) is 13.1 Å². The van der Waals surface area contributed by atoms with Crippen LogP contribution >= 0.6 is 0 Å². The first kappa shape index (κ1) is 17.7. The van der Waals surface area contributed by atoms with Crippen molar-refractivity contribution in [2.45, 2.75) is 40.0 Å². The maximum absolute atomic E-state index is 13.8. The summed E-state index contributed by atoms with van der Waals surface area (Å²) in [7, 11) is 0. The van der Waals surface area contributed by atoms with Crippen molar-refractivity contribution in [1.82, 2.24) is 0 Å². The van der Waals surface area contributed by atoms with Crippen LogP contribution in [0.15, 0.2) is 0 Å². The third kappa shape index (κ3) is 3.86. The third-order valence-electron chi connectivity index (χ3n) is 3.31. The molecule has 0 heterocycles. The molecule has 0 amide bonds. The van der Waals surface area contributed by atoms with Crippen LogP contribution in [-0.2, 0) is 0 Å². The standard InChI is InChI=1S/C15H20F5N/c1-4-6-9(3)8-21(7-5-2)15-13(19)11(17)10(16)12(18)14(15)20/h9H,4-8H2,1-3H3. The summed E-state index contributed by atoms with van der Waals surface area (Å²) < 4.78 is 67.4. The zero-order chi connectivity index (χ0) is 16.2. The van der Waals surface area contributed by atoms with Crippen LogP contribution < -0.4 is 4.90 Å². The van der Waals surface area contributed by atoms with E-state index in [-0.39, 0.29) is 19.0 Å². The van der Waals surface area contributed by atoms with Crippen LogP contribution in [0.1, 0.15) is 40.0 Å². The van der Waals surface area contributed by atoms with Gasteiger partial charge in [0.15, 0.2) is 23.3 Å². The third-order valence-corrected chi connectivity index (χ3v) is 3.31. The molecule has 0 N–H and O–H groups in total. The number of rotatable bonds is 7. The highest BCUT2D eigenvalue weighted by atomic mass is 19.2. The highest BCUT2D eigenvalue weighted by molar-refractivity contribution is 5.50. The van der Waals surface area contributed by atoms with Crippen molar-refractivity contribution in [2.75, 3.05) is 18.0 Å². The van der Waals surface area contributed by atoms with E-state index < -0.39 is 34.8 Å². The average molecular weight is 309 g/mol. The highest BCUT2D eigenvalue weighted by Gasteiger charge is 2.29. The van der Waals surface area contributed by atoms with E-state index in [2.05, 4.69) is 0 Å². The Balaban J connectivity index is 3.25. The summed E-state index contributed by atoms with van der Waals surface area (Å²) >= 11 is 0. The van der Waals surface area contributed by atoms with Crippen molar-refractivity contribution in [3.05, 3.63) is 29.1 Å². The van der Waals surface area contributed by atoms with Gasteiger partial charge in [-0.2, -0.15) is 0 Å². The number of halogens is 5. The van der Waals surface area contributed by atoms with Crippen LogP contribution in [0.3, 0.4) is 0 Å². The van der Waals surface area contributed by atoms with Gasteiger partial charge in [-0.05, 0) is 18.8 Å². The Morgan fingerprint density at radius 3 is 1.71 bits per heavy atom. The molecule has 1 nitrogen and oxygen atoms in total. The molecule has 0 saturated heterocycles. The van der Waals surface area contributed by atoms with E-state index in [0.29, 0.717) is 6.42 Å². The average Bonchev–Trinajstić information content (AvgIpc) is 2.43. The predicted octanol–water partition coefficient (Wildman–Crippen LogP) is 5.03. The summed E-state index contributed by atoms with van der Waals surface area (Å²) in [6, 6.07) is 0. The van der Waals surface area contributed by atoms with E-state index in [4.69, 9.17) is 0 Å². The van der Waals surface area contributed by atoms with Gasteiger partial charge in [0.2, 0.25) is 5.82 Å². The molecule has 1 rings (SSSR count). The molecule has 120 valence electrons. The second-order valence-corrected chi connectivity index (χ2v) is 5.26. The summed E-state index contributed by atoms with van der Waals surface area (Å²) in [5.74, 6) is -9.34. The summed E-state index contributed by atoms with van der Waals surface area (Å²) in [5, 5.41) is 0. The molecule has 0 aliphatic heterocycles. The van der Waals surface area contributed by atoms with Crippen LogP contribution in [0, 0.1) is 35.0 Å². The van der Waals surface area contributed by atoms with Gasteiger partial charge in [-0.1, -0.05) is 27.2 Å². The van der Waals surface area contributed by atoms with E-state index in [0.717, 1.165) is 12.8 Å². The maximum atomic E-state index is 13.8. The largest absolute Gasteiger partial charge is 0.366 e. The summed E-state index contributed by atoms with van der Waals surface area (Å²) in [4.78, 5) is 1.25. The summed E-state index contributed by atoms with van der Waals surface area (Å²) in [6.07, 6.45) is 2.24. The van der Waals surface area contributed by atoms with E-state index in [9.17, 15) is 22.0 Å². The maximum Gasteiger partial charge on any atom is 0.200 e. The first-order valence-corrected chi connectivity index (χ1v) is 7.11. The lowest BCUT2D eigenvalue weighted by Crippen LogP contribution is -2.32. The Labute approximate surface area is 121 Å². The summed E-state index contributed by atoms with van der Waals surface area (Å²) in [6.45, 7) is 6.12. The number of hydrogen-bond acceptors (Lipinski definition) is 1. The monoisotopic (exact) mass is 309 g/mol. The fraction of sp³-hybridized carbons (Fsp3) is 0.600. The Morgan fingerprint density at radius 1 is 0.810 bits per heavy atom. The molecule has 21 heavy (non-hydrogen) atoms. The molecular weight excluding hydrogens is 289 g/mol. The molecule has 0 aromatic heterocycles. The zero-order valence-electron chi connectivity index (χ0n) is 12.4. The molecule has 1 unspecified atom stereocenters. The van der Waals surface area contributed by atoms with Gasteiger partial charge in [0, 0.05) is 13.1 Å². The molecule has 0 radical (unpaired) electrons. The van der Waals surface area contributed by atoms with Gasteiger partial charge in [-0.3, -0.25) is 0 Å². The molecule has 0 aliphatic rings. The lowest BCUT2D eigenvalue weighted by atomic mass is 10.0. The van der Waals surface area contributed by atoms with E-state index >= 15 is 0 Å². The molecule has 0 fully saturated rings. The van der Waals surface area contributed by atoms with Crippen LogP contribution in [0.5, 0.6) is 0 Å². The first-order valence-electron chi connectivity index (χ1n) is 7.11. The zero-order valence-corrected chi connectivity index (χ0v) is 12.4. The minimum absolute atomic E-state index is 0.0940. The molecule has 1 aromatic rings. The van der Waals surface area contributed by atoms with Gasteiger partial charge in [-0.25, -0.2) is 22.0 Å². The molecule has 0 aliphatic carbocycles. The number of benzene rings is 1. The van der Waals surface area contributed by atoms with Crippen molar-refractivity contribution in [3.63, 3.8) is 0 Å². The Hall–Kier alpha value is -1.33. The number of nitrogens with zero attached hydrogens (tertiary/aromatic N) is 1. The van der Waals surface area contributed by atoms with Gasteiger partial charge in [0.05, 0.1) is 0 Å².